The lowest BCUT2D eigenvalue weighted by Gasteiger charge is -2.25. The lowest BCUT2D eigenvalue weighted by molar-refractivity contribution is -0.158. The Morgan fingerprint density at radius 1 is 0.885 bits per heavy atom. The van der Waals surface area contributed by atoms with E-state index in [2.05, 4.69) is 9.97 Å². The molecule has 1 aliphatic rings. The van der Waals surface area contributed by atoms with E-state index >= 15 is 0 Å². The maximum absolute atomic E-state index is 13.1. The van der Waals surface area contributed by atoms with Crippen LogP contribution in [0.4, 0.5) is 13.2 Å². The lowest BCUT2D eigenvalue weighted by atomic mass is 10.1. The predicted molar refractivity (Wildman–Crippen MR) is 186 cm³/mol. The number of hydrogen-bond donors (Lipinski definition) is 2. The first-order chi connectivity index (χ1) is 24.3. The first-order valence-corrected chi connectivity index (χ1v) is 16.7. The van der Waals surface area contributed by atoms with Crippen LogP contribution in [-0.4, -0.2) is 49.9 Å². The van der Waals surface area contributed by atoms with Crippen molar-refractivity contribution < 1.29 is 51.9 Å². The van der Waals surface area contributed by atoms with Crippen LogP contribution in [0.25, 0.3) is 11.4 Å². The fourth-order valence-electron chi connectivity index (χ4n) is 4.89. The molecule has 3 aromatic carbocycles. The standard InChI is InChI=1S/C28H29F3N2O4.C11H14O4/c1-5-35-26(34)27(3,4)37-23-12-11-22(13-17(23)2)36-16-20-15-32-25(33-24(20)18-9-10-18)19-7-6-8-21(14-19)28(29,30)31;1-7-6-8(12)4-5-9(7)15-11(2,3)10(13)14/h6-8,11-15,18H,5,9-10,16H2,1-4H3;4-6,12H,1-3H3,(H,13,14). The third kappa shape index (κ3) is 10.4. The average Bonchev–Trinajstić information content (AvgIpc) is 3.92. The van der Waals surface area contributed by atoms with Crippen LogP contribution < -0.4 is 14.2 Å². The van der Waals surface area contributed by atoms with E-state index in [1.807, 2.05) is 13.0 Å². The Kier molecular flexibility index (Phi) is 12.1. The van der Waals surface area contributed by atoms with Crippen LogP contribution in [0.3, 0.4) is 0 Å². The molecule has 13 heteroatoms. The summed E-state index contributed by atoms with van der Waals surface area (Å²) in [5, 5.41) is 18.0. The molecule has 1 fully saturated rings. The molecular weight excluding hydrogens is 681 g/mol. The number of carboxylic acid groups (broad SMARTS) is 1. The van der Waals surface area contributed by atoms with Crippen molar-refractivity contribution in [2.24, 2.45) is 0 Å². The number of carbonyl (C=O) groups excluding carboxylic acids is 1. The summed E-state index contributed by atoms with van der Waals surface area (Å²) in [6, 6.07) is 14.9. The lowest BCUT2D eigenvalue weighted by Crippen LogP contribution is -2.39. The van der Waals surface area contributed by atoms with Crippen molar-refractivity contribution in [1.29, 1.82) is 0 Å². The second kappa shape index (κ2) is 15.9. The highest BCUT2D eigenvalue weighted by Gasteiger charge is 2.33. The largest absolute Gasteiger partial charge is 0.508 e. The zero-order valence-corrected chi connectivity index (χ0v) is 30.1. The summed E-state index contributed by atoms with van der Waals surface area (Å²) in [5.74, 6) is 0.756. The first kappa shape index (κ1) is 39.5. The summed E-state index contributed by atoms with van der Waals surface area (Å²) in [4.78, 5) is 31.9. The smallest absolute Gasteiger partial charge is 0.416 e. The molecule has 278 valence electrons. The number of carbonyl (C=O) groups is 2. The van der Waals surface area contributed by atoms with Crippen LogP contribution in [0.5, 0.6) is 23.0 Å². The van der Waals surface area contributed by atoms with Gasteiger partial charge in [0.05, 0.1) is 17.9 Å². The maximum Gasteiger partial charge on any atom is 0.416 e. The van der Waals surface area contributed by atoms with Gasteiger partial charge in [-0.3, -0.25) is 0 Å². The molecule has 0 amide bonds. The van der Waals surface area contributed by atoms with E-state index in [9.17, 15) is 27.9 Å². The average molecular weight is 725 g/mol. The van der Waals surface area contributed by atoms with Gasteiger partial charge in [-0.2, -0.15) is 13.2 Å². The minimum Gasteiger partial charge on any atom is -0.508 e. The van der Waals surface area contributed by atoms with E-state index in [-0.39, 0.29) is 30.7 Å². The van der Waals surface area contributed by atoms with E-state index in [1.54, 1.807) is 58.2 Å². The molecule has 0 bridgehead atoms. The number of halogens is 3. The number of rotatable bonds is 12. The number of aromatic nitrogens is 2. The van der Waals surface area contributed by atoms with Crippen molar-refractivity contribution in [2.75, 3.05) is 6.61 Å². The number of carboxylic acids is 1. The van der Waals surface area contributed by atoms with Crippen molar-refractivity contribution >= 4 is 11.9 Å². The molecule has 1 heterocycles. The minimum absolute atomic E-state index is 0.132. The number of benzene rings is 3. The fraction of sp³-hybridized carbons (Fsp3) is 0.385. The molecule has 1 saturated carbocycles. The van der Waals surface area contributed by atoms with Crippen molar-refractivity contribution in [1.82, 2.24) is 9.97 Å². The quantitative estimate of drug-likeness (QED) is 0.137. The summed E-state index contributed by atoms with van der Waals surface area (Å²) >= 11 is 0. The van der Waals surface area contributed by atoms with Crippen LogP contribution in [0.2, 0.25) is 0 Å². The number of alkyl halides is 3. The topological polar surface area (TPSA) is 137 Å². The molecule has 2 N–H and O–H groups in total. The Morgan fingerprint density at radius 2 is 1.52 bits per heavy atom. The number of ether oxygens (including phenoxy) is 4. The van der Waals surface area contributed by atoms with Crippen molar-refractivity contribution in [3.8, 4) is 34.4 Å². The highest BCUT2D eigenvalue weighted by Crippen LogP contribution is 2.41. The van der Waals surface area contributed by atoms with E-state index in [4.69, 9.17) is 24.1 Å². The number of aromatic hydroxyl groups is 1. The second-order valence-electron chi connectivity index (χ2n) is 13.4. The maximum atomic E-state index is 13.1. The summed E-state index contributed by atoms with van der Waals surface area (Å²) < 4.78 is 61.7. The molecule has 52 heavy (non-hydrogen) atoms. The number of nitrogens with zero attached hydrogens (tertiary/aromatic N) is 2. The normalized spacial score (nSPS) is 13.0. The molecule has 0 saturated heterocycles. The third-order valence-electron chi connectivity index (χ3n) is 8.02. The van der Waals surface area contributed by atoms with Gasteiger partial charge in [-0.25, -0.2) is 19.6 Å². The van der Waals surface area contributed by atoms with Crippen molar-refractivity contribution in [3.05, 3.63) is 94.8 Å². The first-order valence-electron chi connectivity index (χ1n) is 16.7. The number of phenolic OH excluding ortho intramolecular Hbond substituents is 1. The van der Waals surface area contributed by atoms with Gasteiger partial charge < -0.3 is 29.2 Å². The Labute approximate surface area is 300 Å². The number of hydrogen-bond acceptors (Lipinski definition) is 9. The number of phenols is 1. The summed E-state index contributed by atoms with van der Waals surface area (Å²) in [6.07, 6.45) is -0.875. The summed E-state index contributed by atoms with van der Waals surface area (Å²) in [7, 11) is 0. The molecule has 0 radical (unpaired) electrons. The molecule has 1 aliphatic carbocycles. The van der Waals surface area contributed by atoms with Gasteiger partial charge in [-0.05, 0) is 121 Å². The monoisotopic (exact) mass is 724 g/mol. The molecular formula is C39H43F3N2O8. The van der Waals surface area contributed by atoms with E-state index < -0.39 is 34.9 Å². The van der Waals surface area contributed by atoms with E-state index in [0.717, 1.165) is 41.8 Å². The van der Waals surface area contributed by atoms with Crippen LogP contribution >= 0.6 is 0 Å². The third-order valence-corrected chi connectivity index (χ3v) is 8.02. The minimum atomic E-state index is -4.43. The SMILES string of the molecule is CCOC(=O)C(C)(C)Oc1ccc(OCc2cnc(-c3cccc(C(F)(F)F)c3)nc2C2CC2)cc1C.Cc1cc(O)ccc1OC(C)(C)C(=O)O. The highest BCUT2D eigenvalue weighted by molar-refractivity contribution is 5.79. The van der Waals surface area contributed by atoms with Gasteiger partial charge in [0.15, 0.2) is 17.0 Å². The number of aliphatic carboxylic acids is 1. The fourth-order valence-corrected chi connectivity index (χ4v) is 4.89. The van der Waals surface area contributed by atoms with E-state index in [0.29, 0.717) is 28.4 Å². The van der Waals surface area contributed by atoms with Crippen LogP contribution in [-0.2, 0) is 27.1 Å². The Hall–Kier alpha value is -5.33. The van der Waals surface area contributed by atoms with Gasteiger partial charge in [0.25, 0.3) is 0 Å². The zero-order valence-electron chi connectivity index (χ0n) is 30.1. The zero-order chi connectivity index (χ0) is 38.4. The molecule has 0 aliphatic heterocycles. The van der Waals surface area contributed by atoms with Gasteiger partial charge in [-0.15, -0.1) is 0 Å². The molecule has 1 aromatic heterocycles. The van der Waals surface area contributed by atoms with Crippen LogP contribution in [0.1, 0.15) is 81.3 Å². The van der Waals surface area contributed by atoms with Gasteiger partial charge in [-0.1, -0.05) is 12.1 Å². The van der Waals surface area contributed by atoms with Gasteiger partial charge in [0, 0.05) is 23.2 Å². The predicted octanol–water partition coefficient (Wildman–Crippen LogP) is 8.59. The second-order valence-corrected chi connectivity index (χ2v) is 13.4. The molecule has 0 spiro atoms. The van der Waals surface area contributed by atoms with Crippen LogP contribution in [0.15, 0.2) is 66.9 Å². The van der Waals surface area contributed by atoms with Gasteiger partial charge in [0.1, 0.15) is 29.6 Å². The number of esters is 1. The van der Waals surface area contributed by atoms with Crippen molar-refractivity contribution in [2.45, 2.75) is 91.2 Å². The van der Waals surface area contributed by atoms with E-state index in [1.165, 1.54) is 32.0 Å². The summed E-state index contributed by atoms with van der Waals surface area (Å²) in [5.41, 5.74) is 0.249. The van der Waals surface area contributed by atoms with Crippen molar-refractivity contribution in [3.63, 3.8) is 0 Å². The Morgan fingerprint density at radius 3 is 2.10 bits per heavy atom. The molecule has 0 unspecified atom stereocenters. The molecule has 5 rings (SSSR count). The van der Waals surface area contributed by atoms with Gasteiger partial charge in [0.2, 0.25) is 0 Å². The Balaban J connectivity index is 0.000000338. The van der Waals surface area contributed by atoms with Gasteiger partial charge >= 0.3 is 18.1 Å². The molecule has 4 aromatic rings. The molecule has 0 atom stereocenters. The van der Waals surface area contributed by atoms with Crippen LogP contribution in [0, 0.1) is 13.8 Å². The Bertz CT molecular complexity index is 1910. The summed E-state index contributed by atoms with van der Waals surface area (Å²) in [6.45, 7) is 12.1. The number of aryl methyl sites for hydroxylation is 2. The highest BCUT2D eigenvalue weighted by atomic mass is 19.4. The molecule has 10 nitrogen and oxygen atoms in total.